The zero-order valence-electron chi connectivity index (χ0n) is 12.5. The second kappa shape index (κ2) is 5.66. The SMILES string of the molecule is CCc1c(C(N)CC)nnn1-c1ccc2ccccc2c1. The Morgan fingerprint density at radius 3 is 2.57 bits per heavy atom. The summed E-state index contributed by atoms with van der Waals surface area (Å²) in [6.07, 6.45) is 1.73. The molecule has 0 saturated heterocycles. The molecule has 0 bridgehead atoms. The molecular formula is C17H20N4. The van der Waals surface area contributed by atoms with Crippen LogP contribution in [0.25, 0.3) is 16.5 Å². The minimum Gasteiger partial charge on any atom is -0.323 e. The van der Waals surface area contributed by atoms with Crippen molar-refractivity contribution in [1.82, 2.24) is 15.0 Å². The second-order valence-electron chi connectivity index (χ2n) is 5.23. The first-order chi connectivity index (χ1) is 10.2. The maximum atomic E-state index is 6.14. The molecule has 1 unspecified atom stereocenters. The summed E-state index contributed by atoms with van der Waals surface area (Å²) in [6, 6.07) is 14.6. The third kappa shape index (κ3) is 2.43. The Labute approximate surface area is 124 Å². The number of aromatic nitrogens is 3. The van der Waals surface area contributed by atoms with Gasteiger partial charge in [0.15, 0.2) is 0 Å². The van der Waals surface area contributed by atoms with Crippen LogP contribution in [0.4, 0.5) is 0 Å². The standard InChI is InChI=1S/C17H20N4/c1-3-15(18)17-16(4-2)21(20-19-17)14-10-9-12-7-5-6-8-13(12)11-14/h5-11,15H,3-4,18H2,1-2H3. The van der Waals surface area contributed by atoms with Crippen molar-refractivity contribution in [2.24, 2.45) is 5.73 Å². The molecule has 4 heteroatoms. The number of hydrogen-bond acceptors (Lipinski definition) is 3. The lowest BCUT2D eigenvalue weighted by atomic mass is 10.1. The van der Waals surface area contributed by atoms with Gasteiger partial charge < -0.3 is 5.73 Å². The van der Waals surface area contributed by atoms with Crippen molar-refractivity contribution in [2.45, 2.75) is 32.7 Å². The minimum atomic E-state index is -0.0471. The normalized spacial score (nSPS) is 12.7. The number of benzene rings is 2. The number of fused-ring (bicyclic) bond motifs is 1. The molecule has 1 aromatic heterocycles. The maximum absolute atomic E-state index is 6.14. The molecule has 0 spiro atoms. The summed E-state index contributed by atoms with van der Waals surface area (Å²) >= 11 is 0. The van der Waals surface area contributed by atoms with E-state index in [4.69, 9.17) is 5.73 Å². The van der Waals surface area contributed by atoms with Crippen LogP contribution in [-0.2, 0) is 6.42 Å². The highest BCUT2D eigenvalue weighted by molar-refractivity contribution is 5.84. The van der Waals surface area contributed by atoms with Crippen molar-refractivity contribution < 1.29 is 0 Å². The Morgan fingerprint density at radius 1 is 1.10 bits per heavy atom. The second-order valence-corrected chi connectivity index (χ2v) is 5.23. The van der Waals surface area contributed by atoms with E-state index in [0.29, 0.717) is 0 Å². The van der Waals surface area contributed by atoms with Crippen molar-refractivity contribution in [3.8, 4) is 5.69 Å². The number of rotatable bonds is 4. The summed E-state index contributed by atoms with van der Waals surface area (Å²) in [6.45, 7) is 4.18. The van der Waals surface area contributed by atoms with Gasteiger partial charge in [0.05, 0.1) is 17.4 Å². The molecule has 0 aliphatic heterocycles. The van der Waals surface area contributed by atoms with Gasteiger partial charge in [-0.3, -0.25) is 0 Å². The van der Waals surface area contributed by atoms with Crippen LogP contribution in [0.3, 0.4) is 0 Å². The van der Waals surface area contributed by atoms with Gasteiger partial charge in [0.25, 0.3) is 0 Å². The van der Waals surface area contributed by atoms with Crippen LogP contribution >= 0.6 is 0 Å². The summed E-state index contributed by atoms with van der Waals surface area (Å²) in [5, 5.41) is 11.1. The number of hydrogen-bond donors (Lipinski definition) is 1. The molecule has 1 heterocycles. The van der Waals surface area contributed by atoms with Crippen LogP contribution in [0.5, 0.6) is 0 Å². The Bertz CT molecular complexity index is 760. The highest BCUT2D eigenvalue weighted by Gasteiger charge is 2.17. The lowest BCUT2D eigenvalue weighted by molar-refractivity contribution is 0.665. The van der Waals surface area contributed by atoms with Gasteiger partial charge in [0, 0.05) is 0 Å². The molecule has 0 radical (unpaired) electrons. The van der Waals surface area contributed by atoms with Crippen LogP contribution in [0.15, 0.2) is 42.5 Å². The summed E-state index contributed by atoms with van der Waals surface area (Å²) in [4.78, 5) is 0. The quantitative estimate of drug-likeness (QED) is 0.797. The van der Waals surface area contributed by atoms with Crippen LogP contribution in [0, 0.1) is 0 Å². The van der Waals surface area contributed by atoms with E-state index in [0.717, 1.165) is 29.9 Å². The summed E-state index contributed by atoms with van der Waals surface area (Å²) < 4.78 is 1.91. The highest BCUT2D eigenvalue weighted by atomic mass is 15.4. The first kappa shape index (κ1) is 13.8. The van der Waals surface area contributed by atoms with Crippen molar-refractivity contribution >= 4 is 10.8 Å². The largest absolute Gasteiger partial charge is 0.323 e. The third-order valence-corrected chi connectivity index (χ3v) is 3.90. The highest BCUT2D eigenvalue weighted by Crippen LogP contribution is 2.22. The zero-order valence-corrected chi connectivity index (χ0v) is 12.5. The average molecular weight is 280 g/mol. The Morgan fingerprint density at radius 2 is 1.86 bits per heavy atom. The summed E-state index contributed by atoms with van der Waals surface area (Å²) in [5.41, 5.74) is 9.18. The molecule has 3 rings (SSSR count). The van der Waals surface area contributed by atoms with E-state index in [2.05, 4.69) is 54.5 Å². The Kier molecular flexibility index (Phi) is 3.71. The van der Waals surface area contributed by atoms with Gasteiger partial charge in [-0.05, 0) is 35.7 Å². The van der Waals surface area contributed by atoms with Gasteiger partial charge in [-0.25, -0.2) is 4.68 Å². The zero-order chi connectivity index (χ0) is 14.8. The number of nitrogens with two attached hydrogens (primary N) is 1. The van der Waals surface area contributed by atoms with Gasteiger partial charge in [0.1, 0.15) is 5.69 Å². The summed E-state index contributed by atoms with van der Waals surface area (Å²) in [7, 11) is 0. The van der Waals surface area contributed by atoms with Crippen LogP contribution in [0.2, 0.25) is 0 Å². The molecule has 2 N–H and O–H groups in total. The first-order valence-corrected chi connectivity index (χ1v) is 7.43. The molecule has 1 atom stereocenters. The fourth-order valence-corrected chi connectivity index (χ4v) is 2.64. The van der Waals surface area contributed by atoms with Crippen molar-refractivity contribution in [1.29, 1.82) is 0 Å². The average Bonchev–Trinajstić information content (AvgIpc) is 2.97. The summed E-state index contributed by atoms with van der Waals surface area (Å²) in [5.74, 6) is 0. The molecule has 3 aromatic rings. The lowest BCUT2D eigenvalue weighted by Crippen LogP contribution is -2.12. The van der Waals surface area contributed by atoms with E-state index < -0.39 is 0 Å². The van der Waals surface area contributed by atoms with E-state index >= 15 is 0 Å². The van der Waals surface area contributed by atoms with Gasteiger partial charge >= 0.3 is 0 Å². The van der Waals surface area contributed by atoms with Gasteiger partial charge in [-0.1, -0.05) is 49.4 Å². The Balaban J connectivity index is 2.11. The fraction of sp³-hybridized carbons (Fsp3) is 0.294. The van der Waals surface area contributed by atoms with Crippen LogP contribution in [0.1, 0.15) is 37.7 Å². The molecule has 0 amide bonds. The van der Waals surface area contributed by atoms with Gasteiger partial charge in [-0.2, -0.15) is 0 Å². The molecule has 0 saturated carbocycles. The molecule has 2 aromatic carbocycles. The Hall–Kier alpha value is -2.20. The molecule has 21 heavy (non-hydrogen) atoms. The van der Waals surface area contributed by atoms with Crippen molar-refractivity contribution in [2.75, 3.05) is 0 Å². The van der Waals surface area contributed by atoms with Gasteiger partial charge in [-0.15, -0.1) is 5.10 Å². The van der Waals surface area contributed by atoms with Crippen LogP contribution < -0.4 is 5.73 Å². The lowest BCUT2D eigenvalue weighted by Gasteiger charge is -2.10. The number of nitrogens with zero attached hydrogens (tertiary/aromatic N) is 3. The predicted octanol–water partition coefficient (Wildman–Crippen LogP) is 3.39. The molecule has 4 nitrogen and oxygen atoms in total. The first-order valence-electron chi connectivity index (χ1n) is 7.43. The molecule has 0 fully saturated rings. The smallest absolute Gasteiger partial charge is 0.103 e. The van der Waals surface area contributed by atoms with Crippen molar-refractivity contribution in [3.05, 3.63) is 53.9 Å². The van der Waals surface area contributed by atoms with E-state index in [9.17, 15) is 0 Å². The van der Waals surface area contributed by atoms with E-state index in [1.54, 1.807) is 0 Å². The third-order valence-electron chi connectivity index (χ3n) is 3.90. The van der Waals surface area contributed by atoms with Crippen LogP contribution in [-0.4, -0.2) is 15.0 Å². The molecule has 0 aliphatic carbocycles. The molecular weight excluding hydrogens is 260 g/mol. The van der Waals surface area contributed by atoms with E-state index in [1.165, 1.54) is 10.8 Å². The monoisotopic (exact) mass is 280 g/mol. The van der Waals surface area contributed by atoms with E-state index in [1.807, 2.05) is 16.8 Å². The predicted molar refractivity (Wildman–Crippen MR) is 85.5 cm³/mol. The van der Waals surface area contributed by atoms with Crippen molar-refractivity contribution in [3.63, 3.8) is 0 Å². The van der Waals surface area contributed by atoms with Gasteiger partial charge in [0.2, 0.25) is 0 Å². The topological polar surface area (TPSA) is 56.7 Å². The molecule has 108 valence electrons. The molecule has 0 aliphatic rings. The van der Waals surface area contributed by atoms with E-state index in [-0.39, 0.29) is 6.04 Å². The fourth-order valence-electron chi connectivity index (χ4n) is 2.64. The minimum absolute atomic E-state index is 0.0471. The maximum Gasteiger partial charge on any atom is 0.103 e.